The summed E-state index contributed by atoms with van der Waals surface area (Å²) < 4.78 is 5.78. The predicted molar refractivity (Wildman–Crippen MR) is 117 cm³/mol. The summed E-state index contributed by atoms with van der Waals surface area (Å²) in [6.45, 7) is 4.34. The number of amides is 1. The number of benzene rings is 1. The van der Waals surface area contributed by atoms with Gasteiger partial charge >= 0.3 is 0 Å². The number of primary amides is 1. The molecule has 5 N–H and O–H groups in total. The number of carbonyl (C=O) groups excluding carboxylic acids is 1. The smallest absolute Gasteiger partial charge is 0.275 e. The molecule has 8 nitrogen and oxygen atoms in total. The fraction of sp³-hybridized carbons (Fsp3) is 0.455. The second-order valence-electron chi connectivity index (χ2n) is 7.57. The maximum atomic E-state index is 12.7. The molecular weight excluding hydrogens is 382 g/mol. The number of aromatic nitrogens is 2. The first-order valence-corrected chi connectivity index (χ1v) is 10.4. The van der Waals surface area contributed by atoms with Gasteiger partial charge in [-0.25, -0.2) is 4.98 Å². The monoisotopic (exact) mass is 411 g/mol. The van der Waals surface area contributed by atoms with Crippen LogP contribution in [0.4, 0.5) is 5.69 Å². The number of nitrogens with one attached hydrogen (secondary N) is 3. The first kappa shape index (κ1) is 21.5. The van der Waals surface area contributed by atoms with E-state index in [1.54, 1.807) is 7.05 Å². The third kappa shape index (κ3) is 4.22. The summed E-state index contributed by atoms with van der Waals surface area (Å²) >= 11 is 0. The van der Waals surface area contributed by atoms with E-state index in [-0.39, 0.29) is 29.0 Å². The van der Waals surface area contributed by atoms with Gasteiger partial charge in [-0.3, -0.25) is 9.59 Å². The lowest BCUT2D eigenvalue weighted by molar-refractivity contribution is -0.124. The minimum absolute atomic E-state index is 0.0843. The third-order valence-electron chi connectivity index (χ3n) is 5.53. The van der Waals surface area contributed by atoms with Crippen LogP contribution in [0.2, 0.25) is 0 Å². The number of hydrogen-bond acceptors (Lipinski definition) is 6. The van der Waals surface area contributed by atoms with Crippen molar-refractivity contribution in [3.05, 3.63) is 39.8 Å². The van der Waals surface area contributed by atoms with Gasteiger partial charge in [0, 0.05) is 13.0 Å². The number of carbonyl (C=O) groups is 1. The van der Waals surface area contributed by atoms with Crippen molar-refractivity contribution in [3.63, 3.8) is 0 Å². The van der Waals surface area contributed by atoms with Crippen LogP contribution in [0.3, 0.4) is 0 Å². The van der Waals surface area contributed by atoms with Crippen molar-refractivity contribution >= 4 is 17.3 Å². The van der Waals surface area contributed by atoms with Crippen LogP contribution in [-0.2, 0) is 4.79 Å². The molecular formula is C22H29N5O3. The predicted octanol–water partition coefficient (Wildman–Crippen LogP) is 3.02. The maximum absolute atomic E-state index is 12.7. The van der Waals surface area contributed by atoms with Gasteiger partial charge in [-0.05, 0) is 49.8 Å². The number of anilines is 1. The zero-order valence-electron chi connectivity index (χ0n) is 17.7. The zero-order chi connectivity index (χ0) is 21.8. The van der Waals surface area contributed by atoms with Crippen LogP contribution >= 0.6 is 0 Å². The minimum atomic E-state index is -0.330. The van der Waals surface area contributed by atoms with Crippen molar-refractivity contribution in [1.29, 1.82) is 5.41 Å². The van der Waals surface area contributed by atoms with E-state index >= 15 is 0 Å². The van der Waals surface area contributed by atoms with Gasteiger partial charge in [0.15, 0.2) is 0 Å². The Morgan fingerprint density at radius 1 is 1.37 bits per heavy atom. The second kappa shape index (κ2) is 9.11. The highest BCUT2D eigenvalue weighted by Crippen LogP contribution is 2.43. The van der Waals surface area contributed by atoms with Crippen molar-refractivity contribution in [2.45, 2.75) is 45.4 Å². The summed E-state index contributed by atoms with van der Waals surface area (Å²) in [6.07, 6.45) is 2.75. The zero-order valence-corrected chi connectivity index (χ0v) is 17.7. The Morgan fingerprint density at radius 2 is 2.10 bits per heavy atom. The summed E-state index contributed by atoms with van der Waals surface area (Å²) in [7, 11) is 1.65. The molecule has 0 saturated heterocycles. The summed E-state index contributed by atoms with van der Waals surface area (Å²) in [5.41, 5.74) is 7.74. The molecule has 1 aromatic heterocycles. The molecule has 0 aliphatic heterocycles. The molecule has 1 amide bonds. The molecule has 3 rings (SSSR count). The Hall–Kier alpha value is -3.16. The van der Waals surface area contributed by atoms with E-state index in [1.807, 2.05) is 32.0 Å². The molecule has 1 heterocycles. The molecule has 0 radical (unpaired) electrons. The van der Waals surface area contributed by atoms with Crippen LogP contribution in [0.15, 0.2) is 23.0 Å². The lowest BCUT2D eigenvalue weighted by atomic mass is 9.71. The number of rotatable bonds is 9. The van der Waals surface area contributed by atoms with E-state index in [4.69, 9.17) is 15.9 Å². The normalized spacial score (nSPS) is 17.8. The van der Waals surface area contributed by atoms with E-state index in [0.29, 0.717) is 41.6 Å². The Morgan fingerprint density at radius 3 is 2.70 bits per heavy atom. The lowest BCUT2D eigenvalue weighted by Gasteiger charge is -2.33. The van der Waals surface area contributed by atoms with Crippen molar-refractivity contribution in [1.82, 2.24) is 9.97 Å². The molecule has 0 spiro atoms. The van der Waals surface area contributed by atoms with Crippen molar-refractivity contribution < 1.29 is 9.53 Å². The standard InChI is InChI=1S/C22H29N5O3/c1-4-6-16(23)18-19(25-3)22(29)27-21(26-18)15-11-12(7-8-17(15)30-5-2)13-9-14(10-13)20(24)28/h7-8,11,13-14,23,25H,4-6,9-10H2,1-3H3,(H2,24,28)(H,26,27,29). The molecule has 0 bridgehead atoms. The molecule has 2 aromatic rings. The minimum Gasteiger partial charge on any atom is -0.493 e. The van der Waals surface area contributed by atoms with Crippen LogP contribution in [0, 0.1) is 11.3 Å². The molecule has 1 aliphatic carbocycles. The molecule has 1 saturated carbocycles. The van der Waals surface area contributed by atoms with Gasteiger partial charge in [0.2, 0.25) is 5.91 Å². The molecule has 1 aromatic carbocycles. The molecule has 0 atom stereocenters. The van der Waals surface area contributed by atoms with Crippen LogP contribution in [0.1, 0.15) is 56.7 Å². The first-order chi connectivity index (χ1) is 14.4. The maximum Gasteiger partial charge on any atom is 0.275 e. The summed E-state index contributed by atoms with van der Waals surface area (Å²) in [4.78, 5) is 31.5. The van der Waals surface area contributed by atoms with Crippen LogP contribution in [0.5, 0.6) is 5.75 Å². The SMILES string of the molecule is CCCC(=N)c1nc(-c2cc(C3CC(C(N)=O)C3)ccc2OCC)[nH]c(=O)c1NC. The fourth-order valence-corrected chi connectivity index (χ4v) is 3.81. The average molecular weight is 412 g/mol. The number of nitrogens with zero attached hydrogens (tertiary/aromatic N) is 1. The number of nitrogens with two attached hydrogens (primary N) is 1. The van der Waals surface area contributed by atoms with E-state index in [9.17, 15) is 9.59 Å². The van der Waals surface area contributed by atoms with Gasteiger partial charge in [0.05, 0.1) is 17.9 Å². The highest BCUT2D eigenvalue weighted by atomic mass is 16.5. The van der Waals surface area contributed by atoms with E-state index in [1.165, 1.54) is 0 Å². The first-order valence-electron chi connectivity index (χ1n) is 10.4. The van der Waals surface area contributed by atoms with Gasteiger partial charge in [0.1, 0.15) is 23.0 Å². The summed E-state index contributed by atoms with van der Waals surface area (Å²) in [5.74, 6) is 0.869. The molecule has 0 unspecified atom stereocenters. The van der Waals surface area contributed by atoms with Crippen molar-refractivity contribution in [2.24, 2.45) is 11.7 Å². The quantitative estimate of drug-likeness (QED) is 0.471. The van der Waals surface area contributed by atoms with Gasteiger partial charge in [-0.1, -0.05) is 19.4 Å². The van der Waals surface area contributed by atoms with E-state index in [0.717, 1.165) is 24.8 Å². The van der Waals surface area contributed by atoms with Crippen LogP contribution < -0.4 is 21.3 Å². The average Bonchev–Trinajstić information content (AvgIpc) is 2.67. The molecule has 30 heavy (non-hydrogen) atoms. The number of hydrogen-bond donors (Lipinski definition) is 4. The van der Waals surface area contributed by atoms with Gasteiger partial charge in [-0.15, -0.1) is 0 Å². The molecule has 160 valence electrons. The lowest BCUT2D eigenvalue weighted by Crippen LogP contribution is -2.33. The largest absolute Gasteiger partial charge is 0.493 e. The fourth-order valence-electron chi connectivity index (χ4n) is 3.81. The van der Waals surface area contributed by atoms with Crippen molar-refractivity contribution in [3.8, 4) is 17.1 Å². The highest BCUT2D eigenvalue weighted by Gasteiger charge is 2.34. The van der Waals surface area contributed by atoms with Crippen LogP contribution in [0.25, 0.3) is 11.4 Å². The van der Waals surface area contributed by atoms with Crippen LogP contribution in [-0.4, -0.2) is 35.2 Å². The van der Waals surface area contributed by atoms with Crippen molar-refractivity contribution in [2.75, 3.05) is 19.0 Å². The summed E-state index contributed by atoms with van der Waals surface area (Å²) in [5, 5.41) is 11.2. The Kier molecular flexibility index (Phi) is 6.54. The van der Waals surface area contributed by atoms with E-state index < -0.39 is 0 Å². The topological polar surface area (TPSA) is 134 Å². The van der Waals surface area contributed by atoms with E-state index in [2.05, 4.69) is 15.3 Å². The molecule has 1 fully saturated rings. The number of ether oxygens (including phenoxy) is 1. The molecule has 8 heteroatoms. The van der Waals surface area contributed by atoms with Gasteiger partial charge in [-0.2, -0.15) is 0 Å². The second-order valence-corrected chi connectivity index (χ2v) is 7.57. The Bertz CT molecular complexity index is 1010. The Labute approximate surface area is 175 Å². The molecule has 1 aliphatic rings. The number of H-pyrrole nitrogens is 1. The summed E-state index contributed by atoms with van der Waals surface area (Å²) in [6, 6.07) is 5.81. The number of aromatic amines is 1. The van der Waals surface area contributed by atoms with Gasteiger partial charge in [0.25, 0.3) is 5.56 Å². The van der Waals surface area contributed by atoms with Gasteiger partial charge < -0.3 is 26.2 Å². The highest BCUT2D eigenvalue weighted by molar-refractivity contribution is 6.01. The Balaban J connectivity index is 2.06. The third-order valence-corrected chi connectivity index (χ3v) is 5.53.